The van der Waals surface area contributed by atoms with Gasteiger partial charge in [0.25, 0.3) is 0 Å². The molecule has 1 aromatic heterocycles. The molecule has 0 atom stereocenters. The Morgan fingerprint density at radius 1 is 1.27 bits per heavy atom. The monoisotopic (exact) mass is 163 g/mol. The maximum Gasteiger partial charge on any atom is 0.418 e. The Hall–Kier alpha value is -1.26. The van der Waals surface area contributed by atoms with E-state index in [1.54, 1.807) is 0 Å². The highest BCUT2D eigenvalue weighted by atomic mass is 19.4. The van der Waals surface area contributed by atoms with Gasteiger partial charge in [0, 0.05) is 6.20 Å². The zero-order valence-electron chi connectivity index (χ0n) is 5.26. The van der Waals surface area contributed by atoms with Crippen LogP contribution in [0, 0.1) is 0 Å². The van der Waals surface area contributed by atoms with Gasteiger partial charge in [-0.2, -0.15) is 13.2 Å². The van der Waals surface area contributed by atoms with Crippen molar-refractivity contribution in [2.24, 2.45) is 0 Å². The van der Waals surface area contributed by atoms with Gasteiger partial charge >= 0.3 is 6.18 Å². The van der Waals surface area contributed by atoms with E-state index in [0.29, 0.717) is 12.3 Å². The number of aromatic nitrogens is 1. The van der Waals surface area contributed by atoms with Gasteiger partial charge in [0.15, 0.2) is 0 Å². The fourth-order valence-corrected chi connectivity index (χ4v) is 0.583. The summed E-state index contributed by atoms with van der Waals surface area (Å²) in [5, 5.41) is 8.61. The average Bonchev–Trinajstić information content (AvgIpc) is 1.86. The van der Waals surface area contributed by atoms with Crippen molar-refractivity contribution in [1.29, 1.82) is 0 Å². The first-order valence-electron chi connectivity index (χ1n) is 2.71. The van der Waals surface area contributed by atoms with Crippen LogP contribution in [0.25, 0.3) is 0 Å². The maximum atomic E-state index is 11.8. The summed E-state index contributed by atoms with van der Waals surface area (Å²) < 4.78 is 35.5. The van der Waals surface area contributed by atoms with E-state index < -0.39 is 17.5 Å². The molecule has 60 valence electrons. The number of rotatable bonds is 0. The lowest BCUT2D eigenvalue weighted by atomic mass is 10.3. The van der Waals surface area contributed by atoms with Crippen LogP contribution >= 0.6 is 0 Å². The number of hydrogen-bond donors (Lipinski definition) is 1. The number of hydrogen-bond acceptors (Lipinski definition) is 2. The molecular weight excluding hydrogens is 159 g/mol. The van der Waals surface area contributed by atoms with Crippen LogP contribution in [0.2, 0.25) is 0 Å². The molecule has 0 aromatic carbocycles. The molecule has 0 aliphatic carbocycles. The molecule has 0 unspecified atom stereocenters. The minimum absolute atomic E-state index is 0.486. The fraction of sp³-hybridized carbons (Fsp3) is 0.167. The van der Waals surface area contributed by atoms with Crippen LogP contribution in [0.4, 0.5) is 13.2 Å². The molecule has 2 nitrogen and oxygen atoms in total. The predicted octanol–water partition coefficient (Wildman–Crippen LogP) is 1.81. The molecule has 0 aliphatic heterocycles. The van der Waals surface area contributed by atoms with Gasteiger partial charge in [0.2, 0.25) is 0 Å². The summed E-state index contributed by atoms with van der Waals surface area (Å²) in [4.78, 5) is 3.18. The molecule has 0 saturated heterocycles. The van der Waals surface area contributed by atoms with Crippen molar-refractivity contribution in [2.75, 3.05) is 0 Å². The van der Waals surface area contributed by atoms with Gasteiger partial charge in [-0.15, -0.1) is 0 Å². The molecule has 1 aromatic rings. The lowest BCUT2D eigenvalue weighted by Gasteiger charge is -2.04. The molecule has 0 saturated carbocycles. The summed E-state index contributed by atoms with van der Waals surface area (Å²) in [6.07, 6.45) is -2.85. The summed E-state index contributed by atoms with van der Waals surface area (Å²) in [5.41, 5.74) is -0.947. The zero-order chi connectivity index (χ0) is 8.48. The van der Waals surface area contributed by atoms with E-state index in [2.05, 4.69) is 4.98 Å². The smallest absolute Gasteiger partial charge is 0.418 e. The molecule has 0 spiro atoms. The van der Waals surface area contributed by atoms with Crippen LogP contribution in [0.1, 0.15) is 5.56 Å². The molecule has 0 bridgehead atoms. The minimum atomic E-state index is -4.44. The van der Waals surface area contributed by atoms with Crippen molar-refractivity contribution in [3.05, 3.63) is 24.0 Å². The van der Waals surface area contributed by atoms with Gasteiger partial charge in [-0.05, 0) is 6.07 Å². The summed E-state index contributed by atoms with van der Waals surface area (Å²) in [6.45, 7) is 0. The quantitative estimate of drug-likeness (QED) is 0.632. The van der Waals surface area contributed by atoms with Crippen molar-refractivity contribution < 1.29 is 18.3 Å². The van der Waals surface area contributed by atoms with Crippen LogP contribution in [0.3, 0.4) is 0 Å². The number of nitrogens with zero attached hydrogens (tertiary/aromatic N) is 1. The molecule has 5 heteroatoms. The van der Waals surface area contributed by atoms with Crippen molar-refractivity contribution >= 4 is 0 Å². The Labute approximate surface area is 60.3 Å². The van der Waals surface area contributed by atoms with E-state index in [0.717, 1.165) is 6.20 Å². The molecule has 1 rings (SSSR count). The van der Waals surface area contributed by atoms with Crippen molar-refractivity contribution in [2.45, 2.75) is 6.18 Å². The second kappa shape index (κ2) is 2.41. The molecule has 0 fully saturated rings. The third kappa shape index (κ3) is 1.83. The van der Waals surface area contributed by atoms with E-state index in [9.17, 15) is 13.2 Å². The van der Waals surface area contributed by atoms with E-state index in [4.69, 9.17) is 5.11 Å². The molecule has 0 radical (unpaired) electrons. The Kier molecular flexibility index (Phi) is 1.72. The van der Waals surface area contributed by atoms with Gasteiger partial charge in [-0.1, -0.05) is 0 Å². The number of pyridine rings is 1. The predicted molar refractivity (Wildman–Crippen MR) is 30.9 cm³/mol. The van der Waals surface area contributed by atoms with E-state index in [1.165, 1.54) is 0 Å². The first-order chi connectivity index (χ1) is 5.00. The SMILES string of the molecule is Oc1cncc(C(F)(F)F)c1. The van der Waals surface area contributed by atoms with Crippen molar-refractivity contribution in [3.63, 3.8) is 0 Å². The largest absolute Gasteiger partial charge is 0.506 e. The topological polar surface area (TPSA) is 33.1 Å². The third-order valence-corrected chi connectivity index (χ3v) is 1.05. The highest BCUT2D eigenvalue weighted by molar-refractivity contribution is 5.23. The van der Waals surface area contributed by atoms with Gasteiger partial charge in [-0.25, -0.2) is 0 Å². The number of halogens is 3. The molecule has 0 amide bonds. The second-order valence-corrected chi connectivity index (χ2v) is 1.93. The normalized spacial score (nSPS) is 11.5. The van der Waals surface area contributed by atoms with E-state index in [1.807, 2.05) is 0 Å². The highest BCUT2D eigenvalue weighted by Gasteiger charge is 2.30. The first kappa shape index (κ1) is 7.84. The van der Waals surface area contributed by atoms with Crippen LogP contribution in [0.15, 0.2) is 18.5 Å². The number of aromatic hydroxyl groups is 1. The lowest BCUT2D eigenvalue weighted by Crippen LogP contribution is -2.04. The fourth-order valence-electron chi connectivity index (χ4n) is 0.583. The standard InChI is InChI=1S/C6H4F3NO/c7-6(8,9)4-1-5(11)3-10-2-4/h1-3,11H. The third-order valence-electron chi connectivity index (χ3n) is 1.05. The van der Waals surface area contributed by atoms with E-state index in [-0.39, 0.29) is 0 Å². The Morgan fingerprint density at radius 2 is 1.91 bits per heavy atom. The Balaban J connectivity index is 3.06. The first-order valence-corrected chi connectivity index (χ1v) is 2.71. The van der Waals surface area contributed by atoms with Crippen molar-refractivity contribution in [1.82, 2.24) is 4.98 Å². The summed E-state index contributed by atoms with van der Waals surface area (Å²) >= 11 is 0. The Bertz CT molecular complexity index is 258. The summed E-state index contributed by atoms with van der Waals surface area (Å²) in [6, 6.07) is 0.618. The minimum Gasteiger partial charge on any atom is -0.506 e. The van der Waals surface area contributed by atoms with E-state index >= 15 is 0 Å². The van der Waals surface area contributed by atoms with Gasteiger partial charge in [0.05, 0.1) is 11.8 Å². The second-order valence-electron chi connectivity index (χ2n) is 1.93. The molecule has 1 heterocycles. The van der Waals surface area contributed by atoms with Gasteiger partial charge < -0.3 is 5.11 Å². The molecular formula is C6H4F3NO. The van der Waals surface area contributed by atoms with Gasteiger partial charge in [-0.3, -0.25) is 4.98 Å². The van der Waals surface area contributed by atoms with Gasteiger partial charge in [0.1, 0.15) is 5.75 Å². The van der Waals surface area contributed by atoms with Crippen molar-refractivity contribution in [3.8, 4) is 5.75 Å². The summed E-state index contributed by atoms with van der Waals surface area (Å²) in [7, 11) is 0. The zero-order valence-corrected chi connectivity index (χ0v) is 5.26. The Morgan fingerprint density at radius 3 is 2.27 bits per heavy atom. The highest BCUT2D eigenvalue weighted by Crippen LogP contribution is 2.29. The average molecular weight is 163 g/mol. The lowest BCUT2D eigenvalue weighted by molar-refractivity contribution is -0.137. The van der Waals surface area contributed by atoms with Crippen LogP contribution in [0.5, 0.6) is 5.75 Å². The molecule has 1 N–H and O–H groups in total. The maximum absolute atomic E-state index is 11.8. The van der Waals surface area contributed by atoms with Crippen LogP contribution in [-0.2, 0) is 6.18 Å². The molecule has 11 heavy (non-hydrogen) atoms. The number of alkyl halides is 3. The van der Waals surface area contributed by atoms with Crippen LogP contribution < -0.4 is 0 Å². The summed E-state index contributed by atoms with van der Waals surface area (Å²) in [5.74, 6) is -0.486. The molecule has 0 aliphatic rings. The van der Waals surface area contributed by atoms with Crippen LogP contribution in [-0.4, -0.2) is 10.1 Å².